The summed E-state index contributed by atoms with van der Waals surface area (Å²) in [7, 11) is 0. The number of rotatable bonds is 2. The van der Waals surface area contributed by atoms with E-state index in [0.717, 1.165) is 62.0 Å². The molecule has 0 saturated carbocycles. The number of carbonyl (C=O) groups excluding carboxylic acids is 1. The van der Waals surface area contributed by atoms with Crippen LogP contribution in [0.15, 0.2) is 48.8 Å². The van der Waals surface area contributed by atoms with Crippen LogP contribution in [0.5, 0.6) is 0 Å². The number of benzene rings is 1. The summed E-state index contributed by atoms with van der Waals surface area (Å²) in [5.74, 6) is 1.58. The molecule has 0 aliphatic carbocycles. The molecule has 2 fully saturated rings. The van der Waals surface area contributed by atoms with Crippen molar-refractivity contribution in [1.82, 2.24) is 15.2 Å². The number of nitrogens with zero attached hydrogens (tertiary/aromatic N) is 2. The Labute approximate surface area is 142 Å². The summed E-state index contributed by atoms with van der Waals surface area (Å²) in [5, 5.41) is 3.48. The molecule has 2 atom stereocenters. The second-order valence-corrected chi connectivity index (χ2v) is 6.88. The lowest BCUT2D eigenvalue weighted by molar-refractivity contribution is 0.0758. The molecular weight excluding hydrogens is 298 g/mol. The normalized spacial score (nSPS) is 23.6. The number of hydrogen-bond acceptors (Lipinski definition) is 3. The Morgan fingerprint density at radius 1 is 1.00 bits per heavy atom. The van der Waals surface area contributed by atoms with Crippen molar-refractivity contribution in [2.75, 3.05) is 26.2 Å². The first-order valence-electron chi connectivity index (χ1n) is 8.82. The maximum absolute atomic E-state index is 12.9. The van der Waals surface area contributed by atoms with Crippen molar-refractivity contribution in [2.45, 2.75) is 12.8 Å². The molecule has 2 aromatic rings. The highest BCUT2D eigenvalue weighted by molar-refractivity contribution is 5.95. The number of nitrogens with one attached hydrogen (secondary N) is 1. The van der Waals surface area contributed by atoms with Gasteiger partial charge in [-0.3, -0.25) is 9.78 Å². The van der Waals surface area contributed by atoms with Crippen LogP contribution in [0, 0.1) is 11.8 Å². The Balaban J connectivity index is 1.52. The largest absolute Gasteiger partial charge is 0.339 e. The summed E-state index contributed by atoms with van der Waals surface area (Å²) in [4.78, 5) is 19.2. The van der Waals surface area contributed by atoms with Gasteiger partial charge in [-0.2, -0.15) is 0 Å². The number of pyridine rings is 1. The van der Waals surface area contributed by atoms with Crippen molar-refractivity contribution >= 4 is 5.91 Å². The number of fused-ring (bicyclic) bond motifs is 1. The summed E-state index contributed by atoms with van der Waals surface area (Å²) in [6.45, 7) is 3.93. The van der Waals surface area contributed by atoms with Crippen molar-refractivity contribution in [1.29, 1.82) is 0 Å². The standard InChI is InChI=1S/C20H23N3O/c24-20(23-8-6-16-11-21-12-17(16)7-9-23)19-10-18(13-22-14-19)15-4-2-1-3-5-15/h1-5,10,13-14,16-17,21H,6-9,11-12H2/t16-,17+. The van der Waals surface area contributed by atoms with Crippen LogP contribution in [0.3, 0.4) is 0 Å². The van der Waals surface area contributed by atoms with Crippen LogP contribution in [0.4, 0.5) is 0 Å². The number of amides is 1. The van der Waals surface area contributed by atoms with E-state index in [4.69, 9.17) is 0 Å². The molecule has 4 nitrogen and oxygen atoms in total. The topological polar surface area (TPSA) is 45.2 Å². The molecule has 124 valence electrons. The average Bonchev–Trinajstić information content (AvgIpc) is 3.00. The molecule has 1 aromatic carbocycles. The fourth-order valence-electron chi connectivity index (χ4n) is 3.95. The van der Waals surface area contributed by atoms with Crippen LogP contribution < -0.4 is 5.32 Å². The van der Waals surface area contributed by atoms with Gasteiger partial charge in [-0.1, -0.05) is 30.3 Å². The van der Waals surface area contributed by atoms with Crippen molar-refractivity contribution in [3.63, 3.8) is 0 Å². The highest BCUT2D eigenvalue weighted by Gasteiger charge is 2.31. The summed E-state index contributed by atoms with van der Waals surface area (Å²) < 4.78 is 0. The maximum atomic E-state index is 12.9. The van der Waals surface area contributed by atoms with Gasteiger partial charge < -0.3 is 10.2 Å². The summed E-state index contributed by atoms with van der Waals surface area (Å²) >= 11 is 0. The van der Waals surface area contributed by atoms with Crippen LogP contribution in [0.1, 0.15) is 23.2 Å². The van der Waals surface area contributed by atoms with Gasteiger partial charge >= 0.3 is 0 Å². The average molecular weight is 321 g/mol. The zero-order chi connectivity index (χ0) is 16.4. The monoisotopic (exact) mass is 321 g/mol. The number of aromatic nitrogens is 1. The van der Waals surface area contributed by atoms with Gasteiger partial charge in [0.25, 0.3) is 5.91 Å². The number of carbonyl (C=O) groups is 1. The van der Waals surface area contributed by atoms with Gasteiger partial charge in [0.05, 0.1) is 5.56 Å². The Bertz CT molecular complexity index is 702. The molecule has 1 N–H and O–H groups in total. The minimum absolute atomic E-state index is 0.119. The Kier molecular flexibility index (Phi) is 4.30. The van der Waals surface area contributed by atoms with Gasteiger partial charge in [0.2, 0.25) is 0 Å². The molecule has 2 aliphatic heterocycles. The second-order valence-electron chi connectivity index (χ2n) is 6.88. The van der Waals surface area contributed by atoms with Crippen LogP contribution >= 0.6 is 0 Å². The zero-order valence-corrected chi connectivity index (χ0v) is 13.8. The summed E-state index contributed by atoms with van der Waals surface area (Å²) in [6.07, 6.45) is 5.73. The van der Waals surface area contributed by atoms with E-state index in [2.05, 4.69) is 10.3 Å². The molecule has 1 aromatic heterocycles. The van der Waals surface area contributed by atoms with E-state index in [1.54, 1.807) is 6.20 Å². The first kappa shape index (κ1) is 15.3. The molecule has 2 aliphatic rings. The minimum atomic E-state index is 0.119. The lowest BCUT2D eigenvalue weighted by Crippen LogP contribution is -2.32. The van der Waals surface area contributed by atoms with E-state index >= 15 is 0 Å². The third-order valence-corrected chi connectivity index (χ3v) is 5.40. The molecule has 1 amide bonds. The van der Waals surface area contributed by atoms with Crippen LogP contribution in [-0.4, -0.2) is 42.0 Å². The second kappa shape index (κ2) is 6.73. The first-order valence-corrected chi connectivity index (χ1v) is 8.82. The lowest BCUT2D eigenvalue weighted by atomic mass is 9.92. The summed E-state index contributed by atoms with van der Waals surface area (Å²) in [5.41, 5.74) is 2.79. The van der Waals surface area contributed by atoms with Crippen LogP contribution in [0.2, 0.25) is 0 Å². The van der Waals surface area contributed by atoms with Crippen molar-refractivity contribution in [3.05, 3.63) is 54.4 Å². The first-order chi connectivity index (χ1) is 11.8. The number of likely N-dealkylation sites (tertiary alicyclic amines) is 1. The highest BCUT2D eigenvalue weighted by Crippen LogP contribution is 2.28. The van der Waals surface area contributed by atoms with Gasteiger partial charge in [-0.15, -0.1) is 0 Å². The van der Waals surface area contributed by atoms with E-state index in [-0.39, 0.29) is 5.91 Å². The van der Waals surface area contributed by atoms with Gasteiger partial charge in [0, 0.05) is 31.0 Å². The third-order valence-electron chi connectivity index (χ3n) is 5.40. The Hall–Kier alpha value is -2.20. The van der Waals surface area contributed by atoms with E-state index in [1.807, 2.05) is 47.5 Å². The van der Waals surface area contributed by atoms with E-state index < -0.39 is 0 Å². The molecular formula is C20H23N3O. The molecule has 3 heterocycles. The summed E-state index contributed by atoms with van der Waals surface area (Å²) in [6, 6.07) is 12.1. The van der Waals surface area contributed by atoms with Gasteiger partial charge in [-0.25, -0.2) is 0 Å². The Morgan fingerprint density at radius 3 is 2.42 bits per heavy atom. The molecule has 0 spiro atoms. The lowest BCUT2D eigenvalue weighted by Gasteiger charge is -2.21. The molecule has 24 heavy (non-hydrogen) atoms. The van der Waals surface area contributed by atoms with E-state index in [9.17, 15) is 4.79 Å². The van der Waals surface area contributed by atoms with Gasteiger partial charge in [0.1, 0.15) is 0 Å². The zero-order valence-electron chi connectivity index (χ0n) is 13.8. The minimum Gasteiger partial charge on any atom is -0.339 e. The maximum Gasteiger partial charge on any atom is 0.255 e. The molecule has 2 saturated heterocycles. The van der Waals surface area contributed by atoms with Gasteiger partial charge in [0.15, 0.2) is 0 Å². The van der Waals surface area contributed by atoms with Crippen LogP contribution in [0.25, 0.3) is 11.1 Å². The predicted octanol–water partition coefficient (Wildman–Crippen LogP) is 2.82. The molecule has 0 bridgehead atoms. The highest BCUT2D eigenvalue weighted by atomic mass is 16.2. The van der Waals surface area contributed by atoms with E-state index in [0.29, 0.717) is 5.56 Å². The predicted molar refractivity (Wildman–Crippen MR) is 94.7 cm³/mol. The quantitative estimate of drug-likeness (QED) is 0.925. The molecule has 0 unspecified atom stereocenters. The fourth-order valence-corrected chi connectivity index (χ4v) is 3.95. The molecule has 4 heteroatoms. The van der Waals surface area contributed by atoms with Crippen LogP contribution in [-0.2, 0) is 0 Å². The van der Waals surface area contributed by atoms with Crippen molar-refractivity contribution in [2.24, 2.45) is 11.8 Å². The molecule has 0 radical (unpaired) electrons. The van der Waals surface area contributed by atoms with E-state index in [1.165, 1.54) is 0 Å². The van der Waals surface area contributed by atoms with Gasteiger partial charge in [-0.05, 0) is 49.4 Å². The third kappa shape index (κ3) is 3.06. The molecule has 4 rings (SSSR count). The van der Waals surface area contributed by atoms with Crippen molar-refractivity contribution in [3.8, 4) is 11.1 Å². The van der Waals surface area contributed by atoms with Crippen molar-refractivity contribution < 1.29 is 4.79 Å². The Morgan fingerprint density at radius 2 is 1.71 bits per heavy atom. The SMILES string of the molecule is O=C(c1cncc(-c2ccccc2)c1)N1CC[C@@H]2CNC[C@@H]2CC1. The fraction of sp³-hybridized carbons (Fsp3) is 0.400. The smallest absolute Gasteiger partial charge is 0.255 e. The number of hydrogen-bond donors (Lipinski definition) is 1.